The fraction of sp³-hybridized carbons (Fsp3) is 0.727. The molecule has 0 spiro atoms. The normalized spacial score (nSPS) is 21.9. The number of methoxy groups -OCH3 is 1. The molecule has 0 amide bonds. The summed E-state index contributed by atoms with van der Waals surface area (Å²) in [5.74, 6) is 0.686. The van der Waals surface area contributed by atoms with Crippen LogP contribution >= 0.6 is 0 Å². The Labute approximate surface area is 102 Å². The van der Waals surface area contributed by atoms with Crippen molar-refractivity contribution in [3.63, 3.8) is 0 Å². The summed E-state index contributed by atoms with van der Waals surface area (Å²) in [5.41, 5.74) is 0.103. The molecule has 6 heteroatoms. The molecule has 1 aliphatic rings. The molecular weight excluding hydrogens is 219 g/mol. The van der Waals surface area contributed by atoms with Crippen LogP contribution in [0.3, 0.4) is 0 Å². The highest BCUT2D eigenvalue weighted by Crippen LogP contribution is 2.37. The van der Waals surface area contributed by atoms with Crippen molar-refractivity contribution in [1.29, 1.82) is 0 Å². The van der Waals surface area contributed by atoms with E-state index in [2.05, 4.69) is 5.10 Å². The maximum absolute atomic E-state index is 5.97. The van der Waals surface area contributed by atoms with Gasteiger partial charge in [0, 0.05) is 7.05 Å². The third-order valence-corrected chi connectivity index (χ3v) is 3.65. The molecule has 2 rings (SSSR count). The van der Waals surface area contributed by atoms with Crippen LogP contribution in [0.4, 0.5) is 0 Å². The Balaban J connectivity index is 2.35. The van der Waals surface area contributed by atoms with Gasteiger partial charge in [0.25, 0.3) is 0 Å². The summed E-state index contributed by atoms with van der Waals surface area (Å²) in [5, 5.41) is 4.16. The van der Waals surface area contributed by atoms with Gasteiger partial charge in [-0.3, -0.25) is 4.68 Å². The zero-order chi connectivity index (χ0) is 12.8. The molecule has 0 bridgehead atoms. The van der Waals surface area contributed by atoms with Gasteiger partial charge in [0.2, 0.25) is 0 Å². The Hall–Kier alpha value is -1.01. The first-order valence-electron chi connectivity index (χ1n) is 5.70. The van der Waals surface area contributed by atoms with E-state index >= 15 is 0 Å². The highest BCUT2D eigenvalue weighted by Gasteiger charge is 2.53. The van der Waals surface area contributed by atoms with Crippen LogP contribution in [0.2, 0.25) is 0 Å². The minimum absolute atomic E-state index is 0.354. The van der Waals surface area contributed by atoms with Crippen molar-refractivity contribution in [2.24, 2.45) is 7.05 Å². The van der Waals surface area contributed by atoms with Gasteiger partial charge in [-0.2, -0.15) is 5.10 Å². The second-order valence-corrected chi connectivity index (χ2v) is 5.31. The molecular formula is C11H19BN2O3. The summed E-state index contributed by atoms with van der Waals surface area (Å²) in [6.45, 7) is 8.09. The molecule has 0 atom stereocenters. The number of nitrogens with zero attached hydrogens (tertiary/aromatic N) is 2. The van der Waals surface area contributed by atoms with Crippen LogP contribution in [0.5, 0.6) is 5.75 Å². The lowest BCUT2D eigenvalue weighted by atomic mass is 9.84. The highest BCUT2D eigenvalue weighted by atomic mass is 16.7. The van der Waals surface area contributed by atoms with Gasteiger partial charge in [-0.05, 0) is 27.7 Å². The predicted molar refractivity (Wildman–Crippen MR) is 65.5 cm³/mol. The first-order valence-corrected chi connectivity index (χ1v) is 5.70. The monoisotopic (exact) mass is 238 g/mol. The van der Waals surface area contributed by atoms with E-state index in [9.17, 15) is 0 Å². The molecule has 0 radical (unpaired) electrons. The molecule has 0 unspecified atom stereocenters. The lowest BCUT2D eigenvalue weighted by Crippen LogP contribution is -2.41. The largest absolute Gasteiger partial charge is 0.518 e. The third kappa shape index (κ3) is 1.85. The van der Waals surface area contributed by atoms with Gasteiger partial charge in [-0.25, -0.2) is 0 Å². The van der Waals surface area contributed by atoms with Crippen molar-refractivity contribution < 1.29 is 14.0 Å². The maximum atomic E-state index is 5.97. The van der Waals surface area contributed by atoms with Crippen molar-refractivity contribution in [1.82, 2.24) is 9.78 Å². The first-order chi connectivity index (χ1) is 7.78. The van der Waals surface area contributed by atoms with Crippen LogP contribution in [0.1, 0.15) is 27.7 Å². The smallest absolute Gasteiger partial charge is 0.494 e. The standard InChI is InChI=1S/C11H19BN2O3/c1-10(2)11(3,4)17-12(16-10)9-8(15-6)7-13-14(9)5/h7H,1-6H3. The van der Waals surface area contributed by atoms with Crippen LogP contribution in [-0.2, 0) is 16.4 Å². The quantitative estimate of drug-likeness (QED) is 0.712. The van der Waals surface area contributed by atoms with Crippen LogP contribution in [0.25, 0.3) is 0 Å². The predicted octanol–water partition coefficient (Wildman–Crippen LogP) is 0.728. The van der Waals surface area contributed by atoms with Gasteiger partial charge in [0.1, 0.15) is 5.59 Å². The van der Waals surface area contributed by atoms with Gasteiger partial charge in [0.15, 0.2) is 5.75 Å². The number of aryl methyl sites for hydroxylation is 1. The van der Waals surface area contributed by atoms with E-state index in [4.69, 9.17) is 14.0 Å². The Morgan fingerprint density at radius 3 is 2.24 bits per heavy atom. The topological polar surface area (TPSA) is 45.5 Å². The van der Waals surface area contributed by atoms with E-state index in [1.165, 1.54) is 0 Å². The van der Waals surface area contributed by atoms with Crippen LogP contribution in [-0.4, -0.2) is 35.2 Å². The van der Waals surface area contributed by atoms with Crippen molar-refractivity contribution in [3.05, 3.63) is 6.20 Å². The molecule has 1 aromatic rings. The third-order valence-electron chi connectivity index (χ3n) is 3.65. The zero-order valence-corrected chi connectivity index (χ0v) is 11.3. The van der Waals surface area contributed by atoms with E-state index in [1.54, 1.807) is 18.0 Å². The Bertz CT molecular complexity index is 412. The molecule has 94 valence electrons. The fourth-order valence-electron chi connectivity index (χ4n) is 1.81. The number of hydrogen-bond acceptors (Lipinski definition) is 4. The van der Waals surface area contributed by atoms with Crippen molar-refractivity contribution in [3.8, 4) is 5.75 Å². The van der Waals surface area contributed by atoms with Gasteiger partial charge in [0.05, 0.1) is 24.5 Å². The van der Waals surface area contributed by atoms with E-state index in [-0.39, 0.29) is 11.2 Å². The molecule has 1 saturated heterocycles. The molecule has 1 fully saturated rings. The lowest BCUT2D eigenvalue weighted by molar-refractivity contribution is 0.00578. The van der Waals surface area contributed by atoms with E-state index in [0.717, 1.165) is 5.59 Å². The lowest BCUT2D eigenvalue weighted by Gasteiger charge is -2.32. The van der Waals surface area contributed by atoms with Gasteiger partial charge < -0.3 is 14.0 Å². The second-order valence-electron chi connectivity index (χ2n) is 5.31. The van der Waals surface area contributed by atoms with Crippen LogP contribution in [0, 0.1) is 0 Å². The first kappa shape index (κ1) is 12.5. The Morgan fingerprint density at radius 2 is 1.76 bits per heavy atom. The number of hydrogen-bond donors (Lipinski definition) is 0. The number of ether oxygens (including phenoxy) is 1. The molecule has 17 heavy (non-hydrogen) atoms. The van der Waals surface area contributed by atoms with Crippen LogP contribution < -0.4 is 10.3 Å². The van der Waals surface area contributed by atoms with Crippen LogP contribution in [0.15, 0.2) is 6.20 Å². The summed E-state index contributed by atoms with van der Waals surface area (Å²) < 4.78 is 18.9. The fourth-order valence-corrected chi connectivity index (χ4v) is 1.81. The zero-order valence-electron chi connectivity index (χ0n) is 11.3. The van der Waals surface area contributed by atoms with Gasteiger partial charge >= 0.3 is 7.12 Å². The SMILES string of the molecule is COc1cnn(C)c1B1OC(C)(C)C(C)(C)O1. The molecule has 2 heterocycles. The molecule has 0 aliphatic carbocycles. The summed E-state index contributed by atoms with van der Waals surface area (Å²) >= 11 is 0. The van der Waals surface area contributed by atoms with E-state index in [0.29, 0.717) is 5.75 Å². The Morgan fingerprint density at radius 1 is 1.24 bits per heavy atom. The highest BCUT2D eigenvalue weighted by molar-refractivity contribution is 6.62. The summed E-state index contributed by atoms with van der Waals surface area (Å²) in [7, 11) is 3.02. The molecule has 0 N–H and O–H groups in total. The maximum Gasteiger partial charge on any atom is 0.518 e. The van der Waals surface area contributed by atoms with E-state index < -0.39 is 7.12 Å². The summed E-state index contributed by atoms with van der Waals surface area (Å²) in [6, 6.07) is 0. The van der Waals surface area contributed by atoms with Gasteiger partial charge in [-0.1, -0.05) is 0 Å². The minimum Gasteiger partial charge on any atom is -0.494 e. The molecule has 0 aromatic carbocycles. The van der Waals surface area contributed by atoms with Gasteiger partial charge in [-0.15, -0.1) is 0 Å². The number of rotatable bonds is 2. The molecule has 1 aromatic heterocycles. The second kappa shape index (κ2) is 3.75. The average Bonchev–Trinajstić information content (AvgIpc) is 2.65. The summed E-state index contributed by atoms with van der Waals surface area (Å²) in [6.07, 6.45) is 1.67. The van der Waals surface area contributed by atoms with E-state index in [1.807, 2.05) is 34.7 Å². The number of aromatic nitrogens is 2. The minimum atomic E-state index is -0.442. The van der Waals surface area contributed by atoms with Crippen molar-refractivity contribution >= 4 is 12.7 Å². The molecule has 5 nitrogen and oxygen atoms in total. The average molecular weight is 238 g/mol. The van der Waals surface area contributed by atoms with Crippen molar-refractivity contribution in [2.45, 2.75) is 38.9 Å². The molecule has 1 aliphatic heterocycles. The Kier molecular flexibility index (Phi) is 2.74. The molecule has 0 saturated carbocycles. The summed E-state index contributed by atoms with van der Waals surface area (Å²) in [4.78, 5) is 0. The van der Waals surface area contributed by atoms with Crippen molar-refractivity contribution in [2.75, 3.05) is 7.11 Å².